The first-order chi connectivity index (χ1) is 6.77. The molecule has 14 heavy (non-hydrogen) atoms. The molecule has 0 spiro atoms. The van der Waals surface area contributed by atoms with Crippen LogP contribution in [0.4, 0.5) is 8.78 Å². The molecule has 0 fully saturated rings. The van der Waals surface area contributed by atoms with Crippen LogP contribution in [0.25, 0.3) is 0 Å². The van der Waals surface area contributed by atoms with E-state index in [0.717, 1.165) is 6.07 Å². The first-order valence-corrected chi connectivity index (χ1v) is 4.05. The molecule has 0 aliphatic carbocycles. The van der Waals surface area contributed by atoms with E-state index in [0.29, 0.717) is 5.82 Å². The van der Waals surface area contributed by atoms with E-state index < -0.39 is 11.6 Å². The number of rotatable bonds is 2. The van der Waals surface area contributed by atoms with E-state index in [1.165, 1.54) is 18.5 Å². The summed E-state index contributed by atoms with van der Waals surface area (Å²) in [5.41, 5.74) is 0.266. The molecule has 5 heteroatoms. The maximum atomic E-state index is 13.2. The number of aromatic amines is 1. The average molecular weight is 195 g/mol. The van der Waals surface area contributed by atoms with E-state index in [1.807, 2.05) is 0 Å². The van der Waals surface area contributed by atoms with Crippen LogP contribution in [0.1, 0.15) is 11.4 Å². The minimum Gasteiger partial charge on any atom is -0.331 e. The Morgan fingerprint density at radius 1 is 1.29 bits per heavy atom. The van der Waals surface area contributed by atoms with Crippen molar-refractivity contribution in [3.05, 3.63) is 47.5 Å². The maximum Gasteiger partial charge on any atom is 0.162 e. The molecule has 0 aliphatic heterocycles. The fourth-order valence-corrected chi connectivity index (χ4v) is 1.18. The largest absolute Gasteiger partial charge is 0.331 e. The molecule has 1 N–H and O–H groups in total. The van der Waals surface area contributed by atoms with Crippen LogP contribution in [0.2, 0.25) is 0 Å². The SMILES string of the molecule is Fc1cccc(Cc2nnc[nH]2)c1F. The molecule has 0 saturated heterocycles. The van der Waals surface area contributed by atoms with Gasteiger partial charge in [-0.15, -0.1) is 10.2 Å². The first kappa shape index (κ1) is 8.80. The summed E-state index contributed by atoms with van der Waals surface area (Å²) in [6.07, 6.45) is 1.61. The van der Waals surface area contributed by atoms with Gasteiger partial charge in [0.05, 0.1) is 0 Å². The van der Waals surface area contributed by atoms with Gasteiger partial charge in [0.2, 0.25) is 0 Å². The van der Waals surface area contributed by atoms with Crippen LogP contribution >= 0.6 is 0 Å². The Hall–Kier alpha value is -1.78. The van der Waals surface area contributed by atoms with Crippen molar-refractivity contribution < 1.29 is 8.78 Å². The van der Waals surface area contributed by atoms with Gasteiger partial charge in [0, 0.05) is 6.42 Å². The number of H-pyrrole nitrogens is 1. The van der Waals surface area contributed by atoms with Gasteiger partial charge >= 0.3 is 0 Å². The Bertz CT molecular complexity index is 426. The van der Waals surface area contributed by atoms with Gasteiger partial charge in [-0.05, 0) is 11.6 Å². The predicted molar refractivity (Wildman–Crippen MR) is 45.5 cm³/mol. The van der Waals surface area contributed by atoms with Crippen molar-refractivity contribution in [2.45, 2.75) is 6.42 Å². The minimum absolute atomic E-state index is 0.212. The molecule has 0 radical (unpaired) electrons. The molecular weight excluding hydrogens is 188 g/mol. The highest BCUT2D eigenvalue weighted by molar-refractivity contribution is 5.21. The fraction of sp³-hybridized carbons (Fsp3) is 0.111. The average Bonchev–Trinajstić information content (AvgIpc) is 2.66. The molecule has 2 rings (SSSR count). The second-order valence-electron chi connectivity index (χ2n) is 2.83. The molecule has 1 heterocycles. The number of aromatic nitrogens is 3. The maximum absolute atomic E-state index is 13.2. The van der Waals surface area contributed by atoms with E-state index in [9.17, 15) is 8.78 Å². The van der Waals surface area contributed by atoms with Gasteiger partial charge in [-0.25, -0.2) is 8.78 Å². The van der Waals surface area contributed by atoms with Gasteiger partial charge < -0.3 is 4.98 Å². The highest BCUT2D eigenvalue weighted by atomic mass is 19.2. The van der Waals surface area contributed by atoms with Crippen molar-refractivity contribution in [2.75, 3.05) is 0 Å². The molecule has 0 amide bonds. The number of nitrogens with zero attached hydrogens (tertiary/aromatic N) is 2. The summed E-state index contributed by atoms with van der Waals surface area (Å²) in [7, 11) is 0. The third kappa shape index (κ3) is 1.61. The lowest BCUT2D eigenvalue weighted by atomic mass is 10.1. The molecule has 1 aromatic heterocycles. The third-order valence-electron chi connectivity index (χ3n) is 1.86. The molecule has 72 valence electrons. The number of nitrogens with one attached hydrogen (secondary N) is 1. The lowest BCUT2D eigenvalue weighted by Gasteiger charge is -2.00. The molecule has 0 aliphatic rings. The van der Waals surface area contributed by atoms with E-state index in [2.05, 4.69) is 15.2 Å². The van der Waals surface area contributed by atoms with E-state index >= 15 is 0 Å². The summed E-state index contributed by atoms with van der Waals surface area (Å²) in [4.78, 5) is 2.72. The highest BCUT2D eigenvalue weighted by Crippen LogP contribution is 2.13. The van der Waals surface area contributed by atoms with Gasteiger partial charge in [-0.3, -0.25) is 0 Å². The van der Waals surface area contributed by atoms with Crippen LogP contribution < -0.4 is 0 Å². The number of hydrogen-bond donors (Lipinski definition) is 1. The third-order valence-corrected chi connectivity index (χ3v) is 1.86. The van der Waals surface area contributed by atoms with Crippen LogP contribution in [-0.4, -0.2) is 15.2 Å². The Labute approximate surface area is 78.8 Å². The lowest BCUT2D eigenvalue weighted by Crippen LogP contribution is -1.97. The molecule has 1 aromatic carbocycles. The monoisotopic (exact) mass is 195 g/mol. The summed E-state index contributed by atoms with van der Waals surface area (Å²) < 4.78 is 25.9. The Morgan fingerprint density at radius 2 is 2.14 bits per heavy atom. The Morgan fingerprint density at radius 3 is 2.86 bits per heavy atom. The second kappa shape index (κ2) is 3.53. The van der Waals surface area contributed by atoms with Gasteiger partial charge in [-0.2, -0.15) is 0 Å². The van der Waals surface area contributed by atoms with Crippen molar-refractivity contribution in [3.63, 3.8) is 0 Å². The Balaban J connectivity index is 2.29. The lowest BCUT2D eigenvalue weighted by molar-refractivity contribution is 0.500. The summed E-state index contributed by atoms with van der Waals surface area (Å²) in [6, 6.07) is 4.06. The van der Waals surface area contributed by atoms with Gasteiger partial charge in [0.1, 0.15) is 12.2 Å². The van der Waals surface area contributed by atoms with Gasteiger partial charge in [0.25, 0.3) is 0 Å². The molecular formula is C9H7F2N3. The van der Waals surface area contributed by atoms with Crippen LogP contribution in [0.5, 0.6) is 0 Å². The van der Waals surface area contributed by atoms with Crippen molar-refractivity contribution in [2.24, 2.45) is 0 Å². The zero-order valence-electron chi connectivity index (χ0n) is 7.17. The van der Waals surface area contributed by atoms with Gasteiger partial charge in [0.15, 0.2) is 11.6 Å². The number of benzene rings is 1. The molecule has 0 saturated carbocycles. The standard InChI is InChI=1S/C9H7F2N3/c10-7-3-1-2-6(9(7)11)4-8-12-5-13-14-8/h1-3,5H,4H2,(H,12,13,14). The van der Waals surface area contributed by atoms with E-state index in [-0.39, 0.29) is 12.0 Å². The van der Waals surface area contributed by atoms with Crippen LogP contribution in [0.3, 0.4) is 0 Å². The topological polar surface area (TPSA) is 41.6 Å². The first-order valence-electron chi connectivity index (χ1n) is 4.05. The van der Waals surface area contributed by atoms with Gasteiger partial charge in [-0.1, -0.05) is 12.1 Å². The Kier molecular flexibility index (Phi) is 2.22. The molecule has 2 aromatic rings. The summed E-state index contributed by atoms with van der Waals surface area (Å²) in [6.45, 7) is 0. The van der Waals surface area contributed by atoms with Crippen molar-refractivity contribution in [3.8, 4) is 0 Å². The quantitative estimate of drug-likeness (QED) is 0.791. The molecule has 0 unspecified atom stereocenters. The summed E-state index contributed by atoms with van der Waals surface area (Å²) in [5, 5.41) is 7.24. The highest BCUT2D eigenvalue weighted by Gasteiger charge is 2.08. The predicted octanol–water partition coefficient (Wildman–Crippen LogP) is 1.67. The summed E-state index contributed by atoms with van der Waals surface area (Å²) in [5.74, 6) is -1.17. The smallest absolute Gasteiger partial charge is 0.162 e. The van der Waals surface area contributed by atoms with Crippen LogP contribution in [-0.2, 0) is 6.42 Å². The molecule has 3 nitrogen and oxygen atoms in total. The van der Waals surface area contributed by atoms with Crippen LogP contribution in [0.15, 0.2) is 24.5 Å². The van der Waals surface area contributed by atoms with Crippen molar-refractivity contribution in [1.82, 2.24) is 15.2 Å². The normalized spacial score (nSPS) is 10.4. The van der Waals surface area contributed by atoms with Crippen molar-refractivity contribution >= 4 is 0 Å². The summed E-state index contributed by atoms with van der Waals surface area (Å²) >= 11 is 0. The molecule has 0 atom stereocenters. The van der Waals surface area contributed by atoms with E-state index in [4.69, 9.17) is 0 Å². The molecule has 0 bridgehead atoms. The number of hydrogen-bond acceptors (Lipinski definition) is 2. The van der Waals surface area contributed by atoms with E-state index in [1.54, 1.807) is 0 Å². The zero-order valence-corrected chi connectivity index (χ0v) is 7.17. The van der Waals surface area contributed by atoms with Crippen LogP contribution in [0, 0.1) is 11.6 Å². The fourth-order valence-electron chi connectivity index (χ4n) is 1.18. The number of halogens is 2. The minimum atomic E-state index is -0.845. The second-order valence-corrected chi connectivity index (χ2v) is 2.83. The van der Waals surface area contributed by atoms with Crippen molar-refractivity contribution in [1.29, 1.82) is 0 Å². The zero-order chi connectivity index (χ0) is 9.97.